The van der Waals surface area contributed by atoms with Gasteiger partial charge in [-0.1, -0.05) is 23.9 Å². The first-order chi connectivity index (χ1) is 20.8. The minimum absolute atomic E-state index is 0.139. The van der Waals surface area contributed by atoms with E-state index in [9.17, 15) is 18.0 Å². The number of unbranched alkanes of at least 4 members (excludes halogenated alkanes) is 1. The second-order valence-corrected chi connectivity index (χ2v) is 11.4. The number of piperazine rings is 1. The Morgan fingerprint density at radius 3 is 2.56 bits per heavy atom. The Morgan fingerprint density at radius 2 is 1.77 bits per heavy atom. The van der Waals surface area contributed by atoms with Gasteiger partial charge in [0, 0.05) is 44.9 Å². The van der Waals surface area contributed by atoms with Crippen LogP contribution in [0.2, 0.25) is 0 Å². The van der Waals surface area contributed by atoms with Crippen LogP contribution in [-0.2, 0) is 17.5 Å². The number of amides is 1. The van der Waals surface area contributed by atoms with Gasteiger partial charge in [0.05, 0.1) is 17.5 Å². The molecule has 13 heteroatoms. The number of nitrogens with zero attached hydrogens (tertiary/aromatic N) is 5. The van der Waals surface area contributed by atoms with Gasteiger partial charge in [0.2, 0.25) is 18.5 Å². The fourth-order valence-corrected chi connectivity index (χ4v) is 6.09. The Morgan fingerprint density at radius 1 is 0.930 bits per heavy atom. The fraction of sp³-hybridized carbons (Fsp3) is 0.367. The number of fused-ring (bicyclic) bond motifs is 1. The molecule has 2 aromatic heterocycles. The van der Waals surface area contributed by atoms with Crippen molar-refractivity contribution < 1.29 is 31.9 Å². The molecule has 4 aromatic rings. The molecule has 0 spiro atoms. The van der Waals surface area contributed by atoms with Crippen LogP contribution < -0.4 is 9.47 Å². The molecule has 2 aliphatic rings. The van der Waals surface area contributed by atoms with Crippen LogP contribution in [0.4, 0.5) is 13.2 Å². The molecule has 4 heterocycles. The first-order valence-corrected chi connectivity index (χ1v) is 15.0. The number of alkyl halides is 3. The minimum Gasteiger partial charge on any atom is -0.461 e. The number of ether oxygens (including phenoxy) is 2. The number of halogens is 3. The summed E-state index contributed by atoms with van der Waals surface area (Å²) in [6.07, 6.45) is -1.11. The summed E-state index contributed by atoms with van der Waals surface area (Å²) < 4.78 is 58.1. The van der Waals surface area contributed by atoms with E-state index in [1.807, 2.05) is 23.1 Å². The molecule has 43 heavy (non-hydrogen) atoms. The third kappa shape index (κ3) is 6.83. The van der Waals surface area contributed by atoms with E-state index in [0.717, 1.165) is 55.3 Å². The van der Waals surface area contributed by atoms with Crippen molar-refractivity contribution in [3.05, 3.63) is 72.0 Å². The maximum absolute atomic E-state index is 13.4. The van der Waals surface area contributed by atoms with Gasteiger partial charge in [-0.25, -0.2) is 0 Å². The van der Waals surface area contributed by atoms with Crippen LogP contribution in [0.25, 0.3) is 17.3 Å². The third-order valence-electron chi connectivity index (χ3n) is 7.39. The standard InChI is InChI=1S/C30H30F3N5O4S/c31-30(32,33)22-5-3-6-23(18-22)38-28(25-7-4-15-40-25)34-35-29(38)43-16-2-1-8-27(39)37-13-11-36(12-14-37)19-21-9-10-24-26(17-21)42-20-41-24/h3-7,9-10,15,17-18H,1-2,8,11-14,16,19-20H2. The van der Waals surface area contributed by atoms with Crippen molar-refractivity contribution in [3.63, 3.8) is 0 Å². The third-order valence-corrected chi connectivity index (χ3v) is 8.41. The second kappa shape index (κ2) is 12.7. The topological polar surface area (TPSA) is 85.9 Å². The molecule has 1 amide bonds. The van der Waals surface area contributed by atoms with Crippen molar-refractivity contribution in [3.8, 4) is 28.8 Å². The lowest BCUT2D eigenvalue weighted by Gasteiger charge is -2.34. The number of benzene rings is 2. The quantitative estimate of drug-likeness (QED) is 0.162. The number of carbonyl (C=O) groups excluding carboxylic acids is 1. The van der Waals surface area contributed by atoms with Gasteiger partial charge >= 0.3 is 6.18 Å². The van der Waals surface area contributed by atoms with E-state index in [0.29, 0.717) is 54.1 Å². The average Bonchev–Trinajstić information content (AvgIpc) is 3.78. The van der Waals surface area contributed by atoms with E-state index in [-0.39, 0.29) is 12.7 Å². The summed E-state index contributed by atoms with van der Waals surface area (Å²) in [5.41, 5.74) is 0.690. The molecule has 1 saturated heterocycles. The maximum Gasteiger partial charge on any atom is 0.416 e. The Balaban J connectivity index is 0.989. The van der Waals surface area contributed by atoms with Crippen molar-refractivity contribution in [1.82, 2.24) is 24.6 Å². The van der Waals surface area contributed by atoms with Crippen molar-refractivity contribution >= 4 is 17.7 Å². The highest BCUT2D eigenvalue weighted by Crippen LogP contribution is 2.34. The Kier molecular flexibility index (Phi) is 8.61. The van der Waals surface area contributed by atoms with Crippen LogP contribution in [-0.4, -0.2) is 69.2 Å². The molecule has 226 valence electrons. The van der Waals surface area contributed by atoms with E-state index in [1.54, 1.807) is 22.8 Å². The lowest BCUT2D eigenvalue weighted by Crippen LogP contribution is -2.48. The number of hydrogen-bond donors (Lipinski definition) is 0. The molecule has 0 N–H and O–H groups in total. The van der Waals surface area contributed by atoms with E-state index in [2.05, 4.69) is 15.1 Å². The number of furan rings is 1. The zero-order valence-electron chi connectivity index (χ0n) is 23.3. The molecule has 0 atom stereocenters. The van der Waals surface area contributed by atoms with Crippen LogP contribution in [0.1, 0.15) is 30.4 Å². The van der Waals surface area contributed by atoms with Crippen LogP contribution in [0.15, 0.2) is 70.4 Å². The predicted molar refractivity (Wildman–Crippen MR) is 153 cm³/mol. The first kappa shape index (κ1) is 29.1. The van der Waals surface area contributed by atoms with Gasteiger partial charge in [0.25, 0.3) is 0 Å². The lowest BCUT2D eigenvalue weighted by molar-refractivity contribution is -0.137. The first-order valence-electron chi connectivity index (χ1n) is 14.0. The highest BCUT2D eigenvalue weighted by molar-refractivity contribution is 7.99. The SMILES string of the molecule is O=C(CCCCSc1nnc(-c2ccco2)n1-c1cccc(C(F)(F)F)c1)N1CCN(Cc2ccc3c(c2)OCO3)CC1. The number of hydrogen-bond acceptors (Lipinski definition) is 8. The van der Waals surface area contributed by atoms with E-state index >= 15 is 0 Å². The van der Waals surface area contributed by atoms with Gasteiger partial charge in [0.1, 0.15) is 0 Å². The fourth-order valence-electron chi connectivity index (χ4n) is 5.14. The van der Waals surface area contributed by atoms with Crippen LogP contribution in [0.5, 0.6) is 11.5 Å². The molecule has 2 aliphatic heterocycles. The van der Waals surface area contributed by atoms with Crippen LogP contribution in [0.3, 0.4) is 0 Å². The molecule has 6 rings (SSSR count). The summed E-state index contributed by atoms with van der Waals surface area (Å²) in [5, 5.41) is 8.90. The molecule has 0 radical (unpaired) electrons. The van der Waals surface area contributed by atoms with Crippen molar-refractivity contribution in [2.45, 2.75) is 37.1 Å². The summed E-state index contributed by atoms with van der Waals surface area (Å²) in [4.78, 5) is 17.1. The summed E-state index contributed by atoms with van der Waals surface area (Å²) in [7, 11) is 0. The maximum atomic E-state index is 13.4. The smallest absolute Gasteiger partial charge is 0.416 e. The molecule has 0 unspecified atom stereocenters. The molecule has 0 bridgehead atoms. The largest absolute Gasteiger partial charge is 0.461 e. The van der Waals surface area contributed by atoms with Gasteiger partial charge in [-0.05, 0) is 60.9 Å². The van der Waals surface area contributed by atoms with Gasteiger partial charge in [-0.2, -0.15) is 13.2 Å². The van der Waals surface area contributed by atoms with Crippen molar-refractivity contribution in [1.29, 1.82) is 0 Å². The summed E-state index contributed by atoms with van der Waals surface area (Å²) >= 11 is 1.39. The van der Waals surface area contributed by atoms with Gasteiger partial charge < -0.3 is 18.8 Å². The second-order valence-electron chi connectivity index (χ2n) is 10.3. The highest BCUT2D eigenvalue weighted by Gasteiger charge is 2.31. The molecule has 9 nitrogen and oxygen atoms in total. The average molecular weight is 614 g/mol. The zero-order valence-corrected chi connectivity index (χ0v) is 24.1. The number of aromatic nitrogens is 3. The molecule has 0 aliphatic carbocycles. The van der Waals surface area contributed by atoms with Crippen LogP contribution >= 0.6 is 11.8 Å². The summed E-state index contributed by atoms with van der Waals surface area (Å²) in [6.45, 7) is 4.04. The van der Waals surface area contributed by atoms with Gasteiger partial charge in [-0.15, -0.1) is 10.2 Å². The van der Waals surface area contributed by atoms with E-state index < -0.39 is 11.7 Å². The zero-order chi connectivity index (χ0) is 29.8. The molecule has 2 aromatic carbocycles. The summed E-state index contributed by atoms with van der Waals surface area (Å²) in [6, 6.07) is 14.4. The van der Waals surface area contributed by atoms with Crippen molar-refractivity contribution in [2.75, 3.05) is 38.7 Å². The molecular weight excluding hydrogens is 583 g/mol. The van der Waals surface area contributed by atoms with Crippen molar-refractivity contribution in [2.24, 2.45) is 0 Å². The number of rotatable bonds is 10. The van der Waals surface area contributed by atoms with E-state index in [1.165, 1.54) is 24.1 Å². The number of carbonyl (C=O) groups is 1. The summed E-state index contributed by atoms with van der Waals surface area (Å²) in [5.74, 6) is 3.04. The lowest BCUT2D eigenvalue weighted by atomic mass is 10.1. The normalized spacial score (nSPS) is 15.3. The Bertz CT molecular complexity index is 1550. The molecule has 1 fully saturated rings. The highest BCUT2D eigenvalue weighted by atomic mass is 32.2. The predicted octanol–water partition coefficient (Wildman–Crippen LogP) is 5.88. The van der Waals surface area contributed by atoms with Gasteiger partial charge in [-0.3, -0.25) is 14.3 Å². The Hall–Kier alpha value is -3.97. The van der Waals surface area contributed by atoms with Gasteiger partial charge in [0.15, 0.2) is 22.4 Å². The molecular formula is C30H30F3N5O4S. The number of thioether (sulfide) groups is 1. The van der Waals surface area contributed by atoms with Crippen LogP contribution in [0, 0.1) is 0 Å². The minimum atomic E-state index is -4.48. The Labute approximate surface area is 250 Å². The monoisotopic (exact) mass is 613 g/mol. The van der Waals surface area contributed by atoms with E-state index in [4.69, 9.17) is 13.9 Å². The molecule has 0 saturated carbocycles.